The van der Waals surface area contributed by atoms with E-state index in [-0.39, 0.29) is 11.2 Å². The maximum atomic E-state index is 13.1. The van der Waals surface area contributed by atoms with Crippen LogP contribution >= 0.6 is 23.4 Å². The Balaban J connectivity index is 1.54. The average Bonchev–Trinajstić information content (AvgIpc) is 3.32. The zero-order valence-electron chi connectivity index (χ0n) is 15.8. The normalized spacial score (nSPS) is 14.2. The molecular weight excluding hydrogens is 392 g/mol. The number of nitrogens with zero attached hydrogens (tertiary/aromatic N) is 4. The third kappa shape index (κ3) is 3.54. The molecule has 0 unspecified atom stereocenters. The summed E-state index contributed by atoms with van der Waals surface area (Å²) in [5, 5.41) is 9.89. The number of hydrogen-bond acceptors (Lipinski definition) is 4. The Morgan fingerprint density at radius 3 is 2.68 bits per heavy atom. The summed E-state index contributed by atoms with van der Waals surface area (Å²) in [5.74, 6) is 0.890. The summed E-state index contributed by atoms with van der Waals surface area (Å²) in [4.78, 5) is 14.9. The van der Waals surface area contributed by atoms with Gasteiger partial charge >= 0.3 is 0 Å². The molecular formula is C21H21ClN4OS. The summed E-state index contributed by atoms with van der Waals surface area (Å²) < 4.78 is 2.04. The minimum atomic E-state index is -0.251. The van der Waals surface area contributed by atoms with Crippen LogP contribution in [0.4, 0.5) is 5.69 Å². The van der Waals surface area contributed by atoms with Crippen molar-refractivity contribution in [1.82, 2.24) is 14.8 Å². The molecule has 5 nitrogen and oxygen atoms in total. The van der Waals surface area contributed by atoms with Crippen molar-refractivity contribution in [3.63, 3.8) is 0 Å². The van der Waals surface area contributed by atoms with Crippen LogP contribution in [-0.2, 0) is 17.8 Å². The number of carbonyl (C=O) groups excluding carboxylic acids is 1. The molecule has 1 atom stereocenters. The quantitative estimate of drug-likeness (QED) is 0.570. The van der Waals surface area contributed by atoms with E-state index in [9.17, 15) is 4.79 Å². The van der Waals surface area contributed by atoms with E-state index < -0.39 is 0 Å². The van der Waals surface area contributed by atoms with E-state index in [1.807, 2.05) is 58.9 Å². The van der Waals surface area contributed by atoms with Gasteiger partial charge in [-0.2, -0.15) is 0 Å². The first kappa shape index (κ1) is 19.0. The number of aromatic nitrogens is 3. The number of thioether (sulfide) groups is 1. The van der Waals surface area contributed by atoms with Crippen molar-refractivity contribution in [1.29, 1.82) is 0 Å². The molecule has 144 valence electrons. The van der Waals surface area contributed by atoms with E-state index in [0.29, 0.717) is 5.02 Å². The molecule has 1 aliphatic rings. The van der Waals surface area contributed by atoms with Gasteiger partial charge in [0.15, 0.2) is 11.0 Å². The summed E-state index contributed by atoms with van der Waals surface area (Å²) in [6.07, 6.45) is 0.908. The second-order valence-corrected chi connectivity index (χ2v) is 8.43. The van der Waals surface area contributed by atoms with Crippen LogP contribution in [-0.4, -0.2) is 32.5 Å². The highest BCUT2D eigenvalue weighted by atomic mass is 35.5. The lowest BCUT2D eigenvalue weighted by molar-refractivity contribution is -0.117. The highest BCUT2D eigenvalue weighted by Gasteiger charge is 2.29. The Labute approximate surface area is 173 Å². The van der Waals surface area contributed by atoms with E-state index in [4.69, 9.17) is 11.6 Å². The molecule has 28 heavy (non-hydrogen) atoms. The van der Waals surface area contributed by atoms with Gasteiger partial charge in [0.25, 0.3) is 0 Å². The van der Waals surface area contributed by atoms with E-state index in [0.717, 1.165) is 41.7 Å². The fraction of sp³-hybridized carbons (Fsp3) is 0.286. The molecule has 2 heterocycles. The first-order chi connectivity index (χ1) is 13.6. The van der Waals surface area contributed by atoms with Crippen LogP contribution in [0, 0.1) is 0 Å². The molecule has 4 rings (SSSR count). The van der Waals surface area contributed by atoms with E-state index in [2.05, 4.69) is 23.2 Å². The van der Waals surface area contributed by atoms with Crippen LogP contribution in [0.1, 0.15) is 19.4 Å². The topological polar surface area (TPSA) is 51.0 Å². The highest BCUT2D eigenvalue weighted by Crippen LogP contribution is 2.32. The smallest absolute Gasteiger partial charge is 0.240 e. The lowest BCUT2D eigenvalue weighted by Crippen LogP contribution is -2.35. The predicted octanol–water partition coefficient (Wildman–Crippen LogP) is 4.69. The molecule has 0 aliphatic carbocycles. The number of carbonyl (C=O) groups is 1. The molecule has 0 bridgehead atoms. The van der Waals surface area contributed by atoms with E-state index >= 15 is 0 Å². The Bertz CT molecular complexity index is 1000. The van der Waals surface area contributed by atoms with Gasteiger partial charge in [-0.05, 0) is 56.2 Å². The van der Waals surface area contributed by atoms with Gasteiger partial charge in [0.05, 0.1) is 5.25 Å². The molecule has 1 aliphatic heterocycles. The Morgan fingerprint density at radius 1 is 1.18 bits per heavy atom. The van der Waals surface area contributed by atoms with Gasteiger partial charge in [-0.25, -0.2) is 0 Å². The van der Waals surface area contributed by atoms with Crippen LogP contribution in [0.5, 0.6) is 0 Å². The molecule has 0 saturated heterocycles. The number of rotatable bonds is 5. The molecule has 0 radical (unpaired) electrons. The number of amides is 1. The van der Waals surface area contributed by atoms with Crippen molar-refractivity contribution in [2.75, 3.05) is 11.4 Å². The van der Waals surface area contributed by atoms with Gasteiger partial charge in [0.2, 0.25) is 5.91 Å². The van der Waals surface area contributed by atoms with Gasteiger partial charge in [-0.15, -0.1) is 10.2 Å². The van der Waals surface area contributed by atoms with Crippen molar-refractivity contribution in [2.24, 2.45) is 0 Å². The number of fused-ring (bicyclic) bond motifs is 1. The first-order valence-electron chi connectivity index (χ1n) is 9.33. The van der Waals surface area contributed by atoms with E-state index in [1.54, 1.807) is 0 Å². The fourth-order valence-electron chi connectivity index (χ4n) is 3.47. The van der Waals surface area contributed by atoms with E-state index in [1.165, 1.54) is 17.3 Å². The summed E-state index contributed by atoms with van der Waals surface area (Å²) in [6.45, 7) is 5.45. The molecule has 1 aromatic heterocycles. The van der Waals surface area contributed by atoms with Crippen molar-refractivity contribution in [3.05, 3.63) is 59.1 Å². The van der Waals surface area contributed by atoms with Crippen LogP contribution < -0.4 is 4.90 Å². The van der Waals surface area contributed by atoms with Crippen molar-refractivity contribution in [3.8, 4) is 11.4 Å². The first-order valence-corrected chi connectivity index (χ1v) is 10.6. The third-order valence-electron chi connectivity index (χ3n) is 4.92. The van der Waals surface area contributed by atoms with Crippen LogP contribution in [0.15, 0.2) is 53.7 Å². The Kier molecular flexibility index (Phi) is 5.42. The molecule has 2 aromatic carbocycles. The van der Waals surface area contributed by atoms with Crippen LogP contribution in [0.2, 0.25) is 5.02 Å². The maximum absolute atomic E-state index is 13.1. The van der Waals surface area contributed by atoms with Gasteiger partial charge in [-0.3, -0.25) is 4.79 Å². The highest BCUT2D eigenvalue weighted by molar-refractivity contribution is 8.00. The number of anilines is 1. The molecule has 0 N–H and O–H groups in total. The van der Waals surface area contributed by atoms with Gasteiger partial charge in [0.1, 0.15) is 0 Å². The van der Waals surface area contributed by atoms with Gasteiger partial charge in [0, 0.05) is 29.4 Å². The lowest BCUT2D eigenvalue weighted by atomic mass is 10.2. The predicted molar refractivity (Wildman–Crippen MR) is 114 cm³/mol. The minimum Gasteiger partial charge on any atom is -0.311 e. The monoisotopic (exact) mass is 412 g/mol. The van der Waals surface area contributed by atoms with Gasteiger partial charge in [-0.1, -0.05) is 41.6 Å². The second-order valence-electron chi connectivity index (χ2n) is 6.69. The Morgan fingerprint density at radius 2 is 1.93 bits per heavy atom. The molecule has 0 saturated carbocycles. The molecule has 0 spiro atoms. The van der Waals surface area contributed by atoms with Crippen molar-refractivity contribution in [2.45, 2.75) is 37.2 Å². The summed E-state index contributed by atoms with van der Waals surface area (Å²) in [7, 11) is 0. The lowest BCUT2D eigenvalue weighted by Gasteiger charge is -2.21. The van der Waals surface area contributed by atoms with Crippen molar-refractivity contribution < 1.29 is 4.79 Å². The summed E-state index contributed by atoms with van der Waals surface area (Å²) in [5.41, 5.74) is 3.21. The zero-order valence-corrected chi connectivity index (χ0v) is 17.4. The number of benzene rings is 2. The largest absolute Gasteiger partial charge is 0.311 e. The fourth-order valence-corrected chi connectivity index (χ4v) is 4.57. The van der Waals surface area contributed by atoms with Gasteiger partial charge < -0.3 is 9.47 Å². The average molecular weight is 413 g/mol. The molecule has 1 amide bonds. The Hall–Kier alpha value is -2.31. The molecule has 0 fully saturated rings. The number of hydrogen-bond donors (Lipinski definition) is 0. The second kappa shape index (κ2) is 7.97. The zero-order chi connectivity index (χ0) is 19.7. The molecule has 7 heteroatoms. The number of halogens is 1. The standard InChI is InChI=1S/C21H21ClN4OS/c1-3-25-19(16-8-10-17(22)11-9-16)23-24-21(25)28-14(2)20(27)26-13-12-15-6-4-5-7-18(15)26/h4-11,14H,3,12-13H2,1-2H3/t14-/m0/s1. The SMILES string of the molecule is CCn1c(S[C@@H](C)C(=O)N2CCc3ccccc32)nnc1-c1ccc(Cl)cc1. The maximum Gasteiger partial charge on any atom is 0.240 e. The molecule has 3 aromatic rings. The van der Waals surface area contributed by atoms with Crippen LogP contribution in [0.25, 0.3) is 11.4 Å². The summed E-state index contributed by atoms with van der Waals surface area (Å²) >= 11 is 7.45. The summed E-state index contributed by atoms with van der Waals surface area (Å²) in [6, 6.07) is 15.7. The third-order valence-corrected chi connectivity index (χ3v) is 6.24. The number of para-hydroxylation sites is 1. The minimum absolute atomic E-state index is 0.105. The van der Waals surface area contributed by atoms with Crippen molar-refractivity contribution >= 4 is 35.0 Å². The van der Waals surface area contributed by atoms with Crippen LogP contribution in [0.3, 0.4) is 0 Å².